The second-order valence-corrected chi connectivity index (χ2v) is 5.60. The lowest BCUT2D eigenvalue weighted by atomic mass is 10.0. The van der Waals surface area contributed by atoms with Gasteiger partial charge in [-0.1, -0.05) is 12.1 Å². The number of fused-ring (bicyclic) bond motifs is 1. The van der Waals surface area contributed by atoms with Gasteiger partial charge in [0.05, 0.1) is 19.8 Å². The van der Waals surface area contributed by atoms with Crippen LogP contribution in [0.3, 0.4) is 0 Å². The Bertz CT molecular complexity index is 444. The summed E-state index contributed by atoms with van der Waals surface area (Å²) in [6.07, 6.45) is 1.05. The second kappa shape index (κ2) is 6.57. The van der Waals surface area contributed by atoms with Gasteiger partial charge in [0.2, 0.25) is 0 Å². The predicted octanol–water partition coefficient (Wildman–Crippen LogP) is 1.60. The quantitative estimate of drug-likeness (QED) is 0.886. The second-order valence-electron chi connectivity index (χ2n) is 5.60. The van der Waals surface area contributed by atoms with Gasteiger partial charge in [-0.15, -0.1) is 0 Å². The number of ether oxygens (including phenoxy) is 2. The summed E-state index contributed by atoms with van der Waals surface area (Å²) in [6.45, 7) is 9.06. The molecule has 4 heteroatoms. The molecule has 1 aromatic carbocycles. The van der Waals surface area contributed by atoms with Crippen molar-refractivity contribution in [3.63, 3.8) is 0 Å². The Kier molecular flexibility index (Phi) is 4.55. The Balaban J connectivity index is 1.47. The molecule has 0 aromatic heterocycles. The SMILES string of the molecule is CC(NCCN1CCOCC1)c1ccc2c(c1)CCO2. The van der Waals surface area contributed by atoms with Gasteiger partial charge < -0.3 is 14.8 Å². The molecular formula is C16H24N2O2. The van der Waals surface area contributed by atoms with E-state index in [1.165, 1.54) is 11.1 Å². The van der Waals surface area contributed by atoms with Gasteiger partial charge in [-0.25, -0.2) is 0 Å². The van der Waals surface area contributed by atoms with Crippen molar-refractivity contribution in [1.82, 2.24) is 10.2 Å². The molecule has 1 unspecified atom stereocenters. The molecule has 0 spiro atoms. The van der Waals surface area contributed by atoms with Gasteiger partial charge in [0.15, 0.2) is 0 Å². The van der Waals surface area contributed by atoms with Crippen molar-refractivity contribution < 1.29 is 9.47 Å². The van der Waals surface area contributed by atoms with Crippen LogP contribution >= 0.6 is 0 Å². The third-order valence-corrected chi connectivity index (χ3v) is 4.20. The van der Waals surface area contributed by atoms with E-state index >= 15 is 0 Å². The molecule has 2 heterocycles. The normalized spacial score (nSPS) is 20.4. The summed E-state index contributed by atoms with van der Waals surface area (Å²) in [5.41, 5.74) is 2.71. The van der Waals surface area contributed by atoms with Crippen molar-refractivity contribution >= 4 is 0 Å². The minimum atomic E-state index is 0.391. The molecule has 0 radical (unpaired) electrons. The van der Waals surface area contributed by atoms with E-state index in [2.05, 4.69) is 35.3 Å². The van der Waals surface area contributed by atoms with Gasteiger partial charge in [0.1, 0.15) is 5.75 Å². The highest BCUT2D eigenvalue weighted by Crippen LogP contribution is 2.27. The average molecular weight is 276 g/mol. The Morgan fingerprint density at radius 3 is 2.95 bits per heavy atom. The number of morpholine rings is 1. The molecule has 1 saturated heterocycles. The monoisotopic (exact) mass is 276 g/mol. The van der Waals surface area contributed by atoms with Crippen molar-refractivity contribution in [2.45, 2.75) is 19.4 Å². The molecule has 110 valence electrons. The molecule has 0 aliphatic carbocycles. The van der Waals surface area contributed by atoms with E-state index in [9.17, 15) is 0 Å². The first-order valence-electron chi connectivity index (χ1n) is 7.62. The smallest absolute Gasteiger partial charge is 0.122 e. The van der Waals surface area contributed by atoms with Crippen LogP contribution in [-0.4, -0.2) is 50.9 Å². The number of nitrogens with zero attached hydrogens (tertiary/aromatic N) is 1. The van der Waals surface area contributed by atoms with Crippen LogP contribution in [0.4, 0.5) is 0 Å². The number of hydrogen-bond acceptors (Lipinski definition) is 4. The van der Waals surface area contributed by atoms with Crippen LogP contribution in [0.5, 0.6) is 5.75 Å². The maximum absolute atomic E-state index is 5.55. The summed E-state index contributed by atoms with van der Waals surface area (Å²) >= 11 is 0. The molecule has 3 rings (SSSR count). The molecule has 1 atom stereocenters. The first-order valence-corrected chi connectivity index (χ1v) is 7.62. The zero-order valence-electron chi connectivity index (χ0n) is 12.2. The first kappa shape index (κ1) is 13.9. The summed E-state index contributed by atoms with van der Waals surface area (Å²) in [5, 5.41) is 3.61. The van der Waals surface area contributed by atoms with Crippen LogP contribution in [0.1, 0.15) is 24.1 Å². The highest BCUT2D eigenvalue weighted by molar-refractivity contribution is 5.40. The zero-order valence-corrected chi connectivity index (χ0v) is 12.2. The molecule has 20 heavy (non-hydrogen) atoms. The van der Waals surface area contributed by atoms with E-state index in [4.69, 9.17) is 9.47 Å². The maximum atomic E-state index is 5.55. The first-order chi connectivity index (χ1) is 9.83. The van der Waals surface area contributed by atoms with Gasteiger partial charge in [0, 0.05) is 38.6 Å². The standard InChI is InChI=1S/C16H24N2O2/c1-13(17-5-6-18-7-10-19-11-8-18)14-2-3-16-15(12-14)4-9-20-16/h2-3,12-13,17H,4-11H2,1H3. The average Bonchev–Trinajstić information content (AvgIpc) is 2.95. The topological polar surface area (TPSA) is 33.7 Å². The van der Waals surface area contributed by atoms with Crippen LogP contribution in [0, 0.1) is 0 Å². The fraction of sp³-hybridized carbons (Fsp3) is 0.625. The minimum Gasteiger partial charge on any atom is -0.493 e. The van der Waals surface area contributed by atoms with Gasteiger partial charge in [0.25, 0.3) is 0 Å². The molecule has 0 amide bonds. The number of rotatable bonds is 5. The van der Waals surface area contributed by atoms with E-state index in [1.807, 2.05) is 0 Å². The molecule has 4 nitrogen and oxygen atoms in total. The molecule has 2 aliphatic heterocycles. The fourth-order valence-corrected chi connectivity index (χ4v) is 2.86. The fourth-order valence-electron chi connectivity index (χ4n) is 2.86. The van der Waals surface area contributed by atoms with E-state index in [1.54, 1.807) is 0 Å². The molecular weight excluding hydrogens is 252 g/mol. The molecule has 1 aromatic rings. The molecule has 0 saturated carbocycles. The van der Waals surface area contributed by atoms with E-state index in [-0.39, 0.29) is 0 Å². The predicted molar refractivity (Wildman–Crippen MR) is 79.3 cm³/mol. The lowest BCUT2D eigenvalue weighted by molar-refractivity contribution is 0.0382. The van der Waals surface area contributed by atoms with E-state index < -0.39 is 0 Å². The highest BCUT2D eigenvalue weighted by Gasteiger charge is 2.15. The summed E-state index contributed by atoms with van der Waals surface area (Å²) in [5.74, 6) is 1.06. The number of benzene rings is 1. The molecule has 2 aliphatic rings. The van der Waals surface area contributed by atoms with Crippen LogP contribution in [0.15, 0.2) is 18.2 Å². The van der Waals surface area contributed by atoms with Crippen LogP contribution < -0.4 is 10.1 Å². The summed E-state index contributed by atoms with van der Waals surface area (Å²) in [4.78, 5) is 2.46. The number of hydrogen-bond donors (Lipinski definition) is 1. The van der Waals surface area contributed by atoms with Crippen molar-refractivity contribution in [2.75, 3.05) is 46.0 Å². The molecule has 0 bridgehead atoms. The van der Waals surface area contributed by atoms with Gasteiger partial charge in [-0.3, -0.25) is 4.90 Å². The molecule has 1 fully saturated rings. The third kappa shape index (κ3) is 3.32. The molecule has 1 N–H and O–H groups in total. The van der Waals surface area contributed by atoms with E-state index in [0.29, 0.717) is 6.04 Å². The lowest BCUT2D eigenvalue weighted by Gasteiger charge is -2.27. The zero-order chi connectivity index (χ0) is 13.8. The van der Waals surface area contributed by atoms with Crippen molar-refractivity contribution in [3.8, 4) is 5.75 Å². The van der Waals surface area contributed by atoms with Crippen LogP contribution in [-0.2, 0) is 11.2 Å². The summed E-state index contributed by atoms with van der Waals surface area (Å²) in [6, 6.07) is 6.96. The van der Waals surface area contributed by atoms with Crippen LogP contribution in [0.2, 0.25) is 0 Å². The van der Waals surface area contributed by atoms with Crippen LogP contribution in [0.25, 0.3) is 0 Å². The van der Waals surface area contributed by atoms with E-state index in [0.717, 1.165) is 58.2 Å². The summed E-state index contributed by atoms with van der Waals surface area (Å²) in [7, 11) is 0. The highest BCUT2D eigenvalue weighted by atomic mass is 16.5. The summed E-state index contributed by atoms with van der Waals surface area (Å²) < 4.78 is 10.9. The Morgan fingerprint density at radius 1 is 1.25 bits per heavy atom. The lowest BCUT2D eigenvalue weighted by Crippen LogP contribution is -2.40. The van der Waals surface area contributed by atoms with Gasteiger partial charge >= 0.3 is 0 Å². The third-order valence-electron chi connectivity index (χ3n) is 4.20. The van der Waals surface area contributed by atoms with Gasteiger partial charge in [-0.05, 0) is 24.1 Å². The Morgan fingerprint density at radius 2 is 2.10 bits per heavy atom. The minimum absolute atomic E-state index is 0.391. The Labute approximate surface area is 121 Å². The number of nitrogens with one attached hydrogen (secondary N) is 1. The maximum Gasteiger partial charge on any atom is 0.122 e. The Hall–Kier alpha value is -1.10. The largest absolute Gasteiger partial charge is 0.493 e. The van der Waals surface area contributed by atoms with Crippen molar-refractivity contribution in [3.05, 3.63) is 29.3 Å². The van der Waals surface area contributed by atoms with Gasteiger partial charge in [-0.2, -0.15) is 0 Å². The van der Waals surface area contributed by atoms with Crippen molar-refractivity contribution in [2.24, 2.45) is 0 Å². The van der Waals surface area contributed by atoms with Crippen molar-refractivity contribution in [1.29, 1.82) is 0 Å².